The van der Waals surface area contributed by atoms with Crippen LogP contribution in [-0.2, 0) is 0 Å². The topological polar surface area (TPSA) is 60.5 Å². The third kappa shape index (κ3) is 5.52. The quantitative estimate of drug-likeness (QED) is 0.732. The second-order valence-corrected chi connectivity index (χ2v) is 7.18. The van der Waals surface area contributed by atoms with Gasteiger partial charge in [0.25, 0.3) is 5.91 Å². The van der Waals surface area contributed by atoms with E-state index in [1.165, 1.54) is 5.56 Å². The third-order valence-corrected chi connectivity index (χ3v) is 4.78. The molecule has 0 bridgehead atoms. The lowest BCUT2D eigenvalue weighted by molar-refractivity contribution is 0.0952. The van der Waals surface area contributed by atoms with Crippen molar-refractivity contribution in [3.63, 3.8) is 0 Å². The Morgan fingerprint density at radius 1 is 1.26 bits per heavy atom. The molecule has 144 valence electrons. The molecule has 3 rings (SSSR count). The van der Waals surface area contributed by atoms with E-state index in [1.54, 1.807) is 6.20 Å². The summed E-state index contributed by atoms with van der Waals surface area (Å²) in [7, 11) is 4.06. The fourth-order valence-corrected chi connectivity index (χ4v) is 3.27. The largest absolute Gasteiger partial charge is 0.353 e. The molecule has 6 nitrogen and oxygen atoms in total. The van der Waals surface area contributed by atoms with Gasteiger partial charge in [0, 0.05) is 38.4 Å². The number of benzene rings is 1. The maximum Gasteiger partial charge on any atom is 0.252 e. The number of nitrogens with one attached hydrogen (secondary N) is 2. The van der Waals surface area contributed by atoms with Gasteiger partial charge >= 0.3 is 0 Å². The SMILES string of the molecule is CN(C)CCCNC(=O)c1ccc(N2CCNC(c3ccccc3)C2)nc1. The first-order valence-electron chi connectivity index (χ1n) is 9.56. The van der Waals surface area contributed by atoms with Gasteiger partial charge in [-0.3, -0.25) is 4.79 Å². The van der Waals surface area contributed by atoms with Crippen molar-refractivity contribution < 1.29 is 4.79 Å². The zero-order valence-electron chi connectivity index (χ0n) is 16.2. The van der Waals surface area contributed by atoms with Crippen molar-refractivity contribution in [3.05, 3.63) is 59.8 Å². The highest BCUT2D eigenvalue weighted by Crippen LogP contribution is 2.21. The maximum atomic E-state index is 12.2. The summed E-state index contributed by atoms with van der Waals surface area (Å²) >= 11 is 0. The maximum absolute atomic E-state index is 12.2. The van der Waals surface area contributed by atoms with E-state index in [-0.39, 0.29) is 5.91 Å². The van der Waals surface area contributed by atoms with E-state index in [0.29, 0.717) is 18.2 Å². The van der Waals surface area contributed by atoms with Gasteiger partial charge in [-0.15, -0.1) is 0 Å². The lowest BCUT2D eigenvalue weighted by Gasteiger charge is -2.34. The van der Waals surface area contributed by atoms with Crippen LogP contribution in [0.5, 0.6) is 0 Å². The van der Waals surface area contributed by atoms with E-state index in [4.69, 9.17) is 0 Å². The van der Waals surface area contributed by atoms with Crippen molar-refractivity contribution in [2.24, 2.45) is 0 Å². The number of aromatic nitrogens is 1. The zero-order valence-corrected chi connectivity index (χ0v) is 16.2. The first kappa shape index (κ1) is 19.3. The number of rotatable bonds is 7. The van der Waals surface area contributed by atoms with Gasteiger partial charge in [-0.25, -0.2) is 4.98 Å². The number of piperazine rings is 1. The molecule has 1 aliphatic heterocycles. The molecule has 0 radical (unpaired) electrons. The highest BCUT2D eigenvalue weighted by Gasteiger charge is 2.21. The Balaban J connectivity index is 1.56. The number of anilines is 1. The van der Waals surface area contributed by atoms with Crippen LogP contribution in [0.3, 0.4) is 0 Å². The number of carbonyl (C=O) groups is 1. The molecular formula is C21H29N5O. The van der Waals surface area contributed by atoms with Crippen molar-refractivity contribution in [3.8, 4) is 0 Å². The van der Waals surface area contributed by atoms with Gasteiger partial charge in [0.1, 0.15) is 5.82 Å². The van der Waals surface area contributed by atoms with Gasteiger partial charge in [-0.05, 0) is 44.8 Å². The van der Waals surface area contributed by atoms with E-state index < -0.39 is 0 Å². The molecule has 1 atom stereocenters. The normalized spacial score (nSPS) is 17.1. The monoisotopic (exact) mass is 367 g/mol. The molecule has 27 heavy (non-hydrogen) atoms. The van der Waals surface area contributed by atoms with Crippen molar-refractivity contribution in [1.82, 2.24) is 20.5 Å². The Morgan fingerprint density at radius 3 is 2.78 bits per heavy atom. The number of amides is 1. The average molecular weight is 367 g/mol. The Hall–Kier alpha value is -2.44. The van der Waals surface area contributed by atoms with Crippen LogP contribution in [0.4, 0.5) is 5.82 Å². The smallest absolute Gasteiger partial charge is 0.252 e. The van der Waals surface area contributed by atoms with Gasteiger partial charge in [-0.2, -0.15) is 0 Å². The molecule has 1 unspecified atom stereocenters. The minimum atomic E-state index is -0.0599. The fourth-order valence-electron chi connectivity index (χ4n) is 3.27. The summed E-state index contributed by atoms with van der Waals surface area (Å²) in [5, 5.41) is 6.52. The number of hydrogen-bond donors (Lipinski definition) is 2. The molecule has 1 saturated heterocycles. The number of nitrogens with zero attached hydrogens (tertiary/aromatic N) is 3. The van der Waals surface area contributed by atoms with E-state index in [2.05, 4.69) is 49.7 Å². The van der Waals surface area contributed by atoms with Gasteiger partial charge in [0.2, 0.25) is 0 Å². The molecule has 0 aliphatic carbocycles. The van der Waals surface area contributed by atoms with Crippen LogP contribution in [-0.4, -0.2) is 62.6 Å². The minimum absolute atomic E-state index is 0.0599. The summed E-state index contributed by atoms with van der Waals surface area (Å²) in [5.41, 5.74) is 1.90. The molecule has 1 fully saturated rings. The van der Waals surface area contributed by atoms with Crippen LogP contribution in [0.15, 0.2) is 48.7 Å². The predicted octanol–water partition coefficient (Wildman–Crippen LogP) is 1.91. The summed E-state index contributed by atoms with van der Waals surface area (Å²) in [6.45, 7) is 4.33. The molecule has 1 aliphatic rings. The number of hydrogen-bond acceptors (Lipinski definition) is 5. The summed E-state index contributed by atoms with van der Waals surface area (Å²) in [6, 6.07) is 14.6. The molecule has 1 amide bonds. The van der Waals surface area contributed by atoms with Gasteiger partial charge in [-0.1, -0.05) is 30.3 Å². The van der Waals surface area contributed by atoms with E-state index in [0.717, 1.165) is 38.4 Å². The lowest BCUT2D eigenvalue weighted by Crippen LogP contribution is -2.46. The summed E-state index contributed by atoms with van der Waals surface area (Å²) < 4.78 is 0. The highest BCUT2D eigenvalue weighted by molar-refractivity contribution is 5.94. The third-order valence-electron chi connectivity index (χ3n) is 4.78. The molecule has 6 heteroatoms. The van der Waals surface area contributed by atoms with E-state index >= 15 is 0 Å². The molecule has 2 N–H and O–H groups in total. The second kappa shape index (κ2) is 9.48. The first-order chi connectivity index (χ1) is 13.1. The molecule has 1 aromatic heterocycles. The Labute approximate surface area is 161 Å². The van der Waals surface area contributed by atoms with Crippen LogP contribution in [0.2, 0.25) is 0 Å². The van der Waals surface area contributed by atoms with Crippen molar-refractivity contribution in [2.45, 2.75) is 12.5 Å². The Kier molecular flexibility index (Phi) is 6.79. The molecule has 0 saturated carbocycles. The van der Waals surface area contributed by atoms with Crippen molar-refractivity contribution in [1.29, 1.82) is 0 Å². The Morgan fingerprint density at radius 2 is 2.07 bits per heavy atom. The second-order valence-electron chi connectivity index (χ2n) is 7.18. The first-order valence-corrected chi connectivity index (χ1v) is 9.56. The van der Waals surface area contributed by atoms with E-state index in [9.17, 15) is 4.79 Å². The summed E-state index contributed by atoms with van der Waals surface area (Å²) in [5.74, 6) is 0.858. The van der Waals surface area contributed by atoms with Crippen molar-refractivity contribution >= 4 is 11.7 Å². The van der Waals surface area contributed by atoms with Gasteiger partial charge in [0.15, 0.2) is 0 Å². The fraction of sp³-hybridized carbons (Fsp3) is 0.429. The van der Waals surface area contributed by atoms with Crippen LogP contribution >= 0.6 is 0 Å². The zero-order chi connectivity index (χ0) is 19.1. The van der Waals surface area contributed by atoms with Crippen LogP contribution in [0.25, 0.3) is 0 Å². The Bertz CT molecular complexity index is 717. The van der Waals surface area contributed by atoms with Gasteiger partial charge in [0.05, 0.1) is 5.56 Å². The molecule has 2 heterocycles. The lowest BCUT2D eigenvalue weighted by atomic mass is 10.0. The molecular weight excluding hydrogens is 338 g/mol. The van der Waals surface area contributed by atoms with E-state index in [1.807, 2.05) is 32.3 Å². The van der Waals surface area contributed by atoms with Gasteiger partial charge < -0.3 is 20.4 Å². The number of pyridine rings is 1. The molecule has 2 aromatic rings. The van der Waals surface area contributed by atoms with Crippen LogP contribution in [0, 0.1) is 0 Å². The minimum Gasteiger partial charge on any atom is -0.353 e. The summed E-state index contributed by atoms with van der Waals surface area (Å²) in [4.78, 5) is 21.1. The predicted molar refractivity (Wildman–Crippen MR) is 109 cm³/mol. The standard InChI is InChI=1S/C21H29N5O/c1-25(2)13-6-11-23-21(27)18-9-10-20(24-15-18)26-14-12-22-19(16-26)17-7-4-3-5-8-17/h3-5,7-10,15,19,22H,6,11-14,16H2,1-2H3,(H,23,27). The molecule has 1 aromatic carbocycles. The molecule has 0 spiro atoms. The van der Waals surface area contributed by atoms with Crippen LogP contribution in [0.1, 0.15) is 28.4 Å². The highest BCUT2D eigenvalue weighted by atomic mass is 16.1. The van der Waals surface area contributed by atoms with Crippen LogP contribution < -0.4 is 15.5 Å². The van der Waals surface area contributed by atoms with Crippen molar-refractivity contribution in [2.75, 3.05) is 51.7 Å². The number of carbonyl (C=O) groups excluding carboxylic acids is 1. The average Bonchev–Trinajstić information content (AvgIpc) is 2.72. The summed E-state index contributed by atoms with van der Waals surface area (Å²) in [6.07, 6.45) is 2.61.